The number of hydrogen-bond donors (Lipinski definition) is 1. The molecule has 4 rings (SSSR count). The molecule has 1 fully saturated rings. The fourth-order valence-corrected chi connectivity index (χ4v) is 3.89. The molecule has 1 aliphatic heterocycles. The second-order valence-electron chi connectivity index (χ2n) is 7.38. The molecule has 0 saturated carbocycles. The monoisotopic (exact) mass is 348 g/mol. The van der Waals surface area contributed by atoms with Crippen molar-refractivity contribution in [2.45, 2.75) is 18.9 Å². The summed E-state index contributed by atoms with van der Waals surface area (Å²) < 4.78 is 0. The van der Waals surface area contributed by atoms with Crippen LogP contribution in [0.25, 0.3) is 10.9 Å². The van der Waals surface area contributed by atoms with E-state index in [1.165, 1.54) is 11.1 Å². The molecule has 0 spiro atoms. The van der Waals surface area contributed by atoms with Gasteiger partial charge in [0.25, 0.3) is 5.91 Å². The number of aryl methyl sites for hydroxylation is 1. The van der Waals surface area contributed by atoms with Crippen LogP contribution in [-0.2, 0) is 0 Å². The molecule has 1 amide bonds. The number of rotatable bonds is 3. The van der Waals surface area contributed by atoms with Gasteiger partial charge < -0.3 is 9.80 Å². The molecule has 0 radical (unpaired) electrons. The predicted octanol–water partition coefficient (Wildman–Crippen LogP) is 3.04. The molecular formula is C21H24N4O. The Balaban J connectivity index is 1.63. The van der Waals surface area contributed by atoms with E-state index in [9.17, 15) is 4.79 Å². The zero-order valence-corrected chi connectivity index (χ0v) is 15.4. The summed E-state index contributed by atoms with van der Waals surface area (Å²) in [6.45, 7) is 3.53. The van der Waals surface area contributed by atoms with Gasteiger partial charge in [-0.05, 0) is 32.6 Å². The van der Waals surface area contributed by atoms with E-state index in [1.807, 2.05) is 29.2 Å². The van der Waals surface area contributed by atoms with Crippen LogP contribution < -0.4 is 0 Å². The van der Waals surface area contributed by atoms with Crippen LogP contribution in [0.15, 0.2) is 48.5 Å². The fourth-order valence-electron chi connectivity index (χ4n) is 3.89. The van der Waals surface area contributed by atoms with Gasteiger partial charge in [0.2, 0.25) is 0 Å². The van der Waals surface area contributed by atoms with Crippen LogP contribution in [0.3, 0.4) is 0 Å². The Morgan fingerprint density at radius 3 is 2.58 bits per heavy atom. The van der Waals surface area contributed by atoms with Crippen molar-refractivity contribution in [3.8, 4) is 0 Å². The largest absolute Gasteiger partial charge is 0.335 e. The third-order valence-electron chi connectivity index (χ3n) is 5.42. The Hall–Kier alpha value is -2.66. The first-order valence-corrected chi connectivity index (χ1v) is 9.00. The smallest absolute Gasteiger partial charge is 0.275 e. The molecule has 0 bridgehead atoms. The minimum absolute atomic E-state index is 0.00362. The second-order valence-corrected chi connectivity index (χ2v) is 7.38. The highest BCUT2D eigenvalue weighted by atomic mass is 16.2. The quantitative estimate of drug-likeness (QED) is 0.791. The van der Waals surface area contributed by atoms with Gasteiger partial charge in [-0.15, -0.1) is 0 Å². The normalized spacial score (nSPS) is 20.2. The molecule has 26 heavy (non-hydrogen) atoms. The van der Waals surface area contributed by atoms with E-state index >= 15 is 0 Å². The number of carbonyl (C=O) groups is 1. The number of hydrogen-bond acceptors (Lipinski definition) is 3. The molecule has 2 atom stereocenters. The maximum Gasteiger partial charge on any atom is 0.275 e. The van der Waals surface area contributed by atoms with E-state index in [4.69, 9.17) is 0 Å². The van der Waals surface area contributed by atoms with Crippen molar-refractivity contribution < 1.29 is 4.79 Å². The molecule has 134 valence electrons. The van der Waals surface area contributed by atoms with E-state index in [-0.39, 0.29) is 5.91 Å². The lowest BCUT2D eigenvalue weighted by atomic mass is 9.93. The van der Waals surface area contributed by atoms with Gasteiger partial charge in [0.15, 0.2) is 5.69 Å². The summed E-state index contributed by atoms with van der Waals surface area (Å²) in [5.74, 6) is 0.309. The van der Waals surface area contributed by atoms with Crippen LogP contribution in [0.4, 0.5) is 0 Å². The average molecular weight is 348 g/mol. The summed E-state index contributed by atoms with van der Waals surface area (Å²) in [5.41, 5.74) is 3.96. The summed E-state index contributed by atoms with van der Waals surface area (Å²) in [6.07, 6.45) is 0. The Morgan fingerprint density at radius 1 is 1.12 bits per heavy atom. The fraction of sp³-hybridized carbons (Fsp3) is 0.333. The van der Waals surface area contributed by atoms with Crippen molar-refractivity contribution in [3.05, 3.63) is 65.4 Å². The van der Waals surface area contributed by atoms with Gasteiger partial charge in [-0.2, -0.15) is 5.10 Å². The topological polar surface area (TPSA) is 52.2 Å². The van der Waals surface area contributed by atoms with Gasteiger partial charge in [-0.3, -0.25) is 9.89 Å². The van der Waals surface area contributed by atoms with Crippen LogP contribution in [0.2, 0.25) is 0 Å². The summed E-state index contributed by atoms with van der Waals surface area (Å²) >= 11 is 0. The Bertz CT molecular complexity index is 929. The number of likely N-dealkylation sites (tertiary alicyclic amines) is 1. The summed E-state index contributed by atoms with van der Waals surface area (Å²) in [6, 6.07) is 16.7. The van der Waals surface area contributed by atoms with E-state index in [1.54, 1.807) is 0 Å². The van der Waals surface area contributed by atoms with Gasteiger partial charge in [0, 0.05) is 30.4 Å². The Labute approximate surface area is 153 Å². The molecule has 2 aromatic carbocycles. The molecule has 3 aromatic rings. The maximum atomic E-state index is 13.1. The van der Waals surface area contributed by atoms with Gasteiger partial charge in [-0.25, -0.2) is 0 Å². The third kappa shape index (κ3) is 2.88. The maximum absolute atomic E-state index is 13.1. The molecule has 5 heteroatoms. The van der Waals surface area contributed by atoms with Crippen molar-refractivity contribution in [3.63, 3.8) is 0 Å². The number of likely N-dealkylation sites (N-methyl/N-ethyl adjacent to an activating group) is 1. The number of aromatic amines is 1. The number of nitrogens with zero attached hydrogens (tertiary/aromatic N) is 3. The van der Waals surface area contributed by atoms with E-state index in [0.717, 1.165) is 10.9 Å². The van der Waals surface area contributed by atoms with E-state index < -0.39 is 0 Å². The van der Waals surface area contributed by atoms with Crippen molar-refractivity contribution in [2.24, 2.45) is 0 Å². The standard InChI is InChI=1S/C21H24N4O/c1-14-8-10-15(11-9-14)17-12-25(13-19(17)24(2)3)21(26)20-16-6-4-5-7-18(16)22-23-20/h4-11,17,19H,12-13H2,1-3H3,(H,22,23)/t17-,19+/m0/s1. The van der Waals surface area contributed by atoms with E-state index in [0.29, 0.717) is 30.7 Å². The highest BCUT2D eigenvalue weighted by molar-refractivity contribution is 6.04. The number of nitrogens with one attached hydrogen (secondary N) is 1. The van der Waals surface area contributed by atoms with Crippen LogP contribution >= 0.6 is 0 Å². The van der Waals surface area contributed by atoms with Crippen LogP contribution in [-0.4, -0.2) is 59.1 Å². The number of aromatic nitrogens is 2. The molecule has 5 nitrogen and oxygen atoms in total. The highest BCUT2D eigenvalue weighted by Gasteiger charge is 2.38. The molecule has 2 heterocycles. The Kier molecular flexibility index (Phi) is 4.24. The average Bonchev–Trinajstić information content (AvgIpc) is 3.26. The third-order valence-corrected chi connectivity index (χ3v) is 5.42. The number of H-pyrrole nitrogens is 1. The van der Waals surface area contributed by atoms with Crippen molar-refractivity contribution in [2.75, 3.05) is 27.2 Å². The SMILES string of the molecule is Cc1ccc([C@@H]2CN(C(=O)c3n[nH]c4ccccc34)C[C@H]2N(C)C)cc1. The summed E-state index contributed by atoms with van der Waals surface area (Å²) in [7, 11) is 4.17. The predicted molar refractivity (Wildman–Crippen MR) is 103 cm³/mol. The van der Waals surface area contributed by atoms with Gasteiger partial charge >= 0.3 is 0 Å². The lowest BCUT2D eigenvalue weighted by Gasteiger charge is -2.25. The number of benzene rings is 2. The first kappa shape index (κ1) is 16.8. The Morgan fingerprint density at radius 2 is 1.85 bits per heavy atom. The molecule has 1 aromatic heterocycles. The minimum atomic E-state index is 0.00362. The lowest BCUT2D eigenvalue weighted by molar-refractivity contribution is 0.0778. The number of para-hydroxylation sites is 1. The van der Waals surface area contributed by atoms with Gasteiger partial charge in [0.1, 0.15) is 0 Å². The van der Waals surface area contributed by atoms with Gasteiger partial charge in [-0.1, -0.05) is 48.0 Å². The minimum Gasteiger partial charge on any atom is -0.335 e. The first-order chi connectivity index (χ1) is 12.5. The molecular weight excluding hydrogens is 324 g/mol. The first-order valence-electron chi connectivity index (χ1n) is 9.00. The van der Waals surface area contributed by atoms with Crippen molar-refractivity contribution >= 4 is 16.8 Å². The number of fused-ring (bicyclic) bond motifs is 1. The summed E-state index contributed by atoms with van der Waals surface area (Å²) in [4.78, 5) is 17.3. The van der Waals surface area contributed by atoms with Crippen LogP contribution in [0.1, 0.15) is 27.5 Å². The molecule has 1 N–H and O–H groups in total. The molecule has 0 aliphatic carbocycles. The zero-order chi connectivity index (χ0) is 18.3. The molecule has 0 unspecified atom stereocenters. The summed E-state index contributed by atoms with van der Waals surface area (Å²) in [5, 5.41) is 8.14. The number of amides is 1. The number of carbonyl (C=O) groups excluding carboxylic acids is 1. The second kappa shape index (κ2) is 6.57. The molecule has 1 aliphatic rings. The van der Waals surface area contributed by atoms with Crippen LogP contribution in [0.5, 0.6) is 0 Å². The lowest BCUT2D eigenvalue weighted by Crippen LogP contribution is -2.36. The van der Waals surface area contributed by atoms with Crippen LogP contribution in [0, 0.1) is 6.92 Å². The van der Waals surface area contributed by atoms with Crippen molar-refractivity contribution in [1.29, 1.82) is 0 Å². The zero-order valence-electron chi connectivity index (χ0n) is 15.4. The molecule has 1 saturated heterocycles. The van der Waals surface area contributed by atoms with E-state index in [2.05, 4.69) is 60.4 Å². The van der Waals surface area contributed by atoms with Crippen molar-refractivity contribution in [1.82, 2.24) is 20.0 Å². The highest BCUT2D eigenvalue weighted by Crippen LogP contribution is 2.32. The van der Waals surface area contributed by atoms with Gasteiger partial charge in [0.05, 0.1) is 5.52 Å².